The Bertz CT molecular complexity index is 801. The van der Waals surface area contributed by atoms with Gasteiger partial charge in [0.2, 0.25) is 5.91 Å². The van der Waals surface area contributed by atoms with Crippen LogP contribution in [0.15, 0.2) is 36.5 Å². The number of hydrogen-bond acceptors (Lipinski definition) is 4. The van der Waals surface area contributed by atoms with Crippen LogP contribution in [-0.2, 0) is 21.5 Å². The fourth-order valence-electron chi connectivity index (χ4n) is 3.78. The third kappa shape index (κ3) is 2.68. The summed E-state index contributed by atoms with van der Waals surface area (Å²) in [5.74, 6) is 0.914. The van der Waals surface area contributed by atoms with E-state index < -0.39 is 5.41 Å². The number of methoxy groups -OCH3 is 1. The van der Waals surface area contributed by atoms with Gasteiger partial charge >= 0.3 is 0 Å². The van der Waals surface area contributed by atoms with Crippen molar-refractivity contribution < 1.29 is 14.3 Å². The maximum Gasteiger partial charge on any atom is 0.238 e. The number of carbonyl (C=O) groups is 1. The van der Waals surface area contributed by atoms with Crippen LogP contribution in [0.4, 0.5) is 5.69 Å². The van der Waals surface area contributed by atoms with E-state index in [1.54, 1.807) is 13.3 Å². The van der Waals surface area contributed by atoms with Crippen molar-refractivity contribution in [2.75, 3.05) is 25.2 Å². The summed E-state index contributed by atoms with van der Waals surface area (Å²) in [7, 11) is 1.64. The highest BCUT2D eigenvalue weighted by atomic mass is 35.5. The van der Waals surface area contributed by atoms with Gasteiger partial charge < -0.3 is 14.4 Å². The Morgan fingerprint density at radius 1 is 1.28 bits per heavy atom. The molecule has 0 aliphatic carbocycles. The highest BCUT2D eigenvalue weighted by Gasteiger charge is 2.51. The lowest BCUT2D eigenvalue weighted by molar-refractivity contribution is -0.126. The third-order valence-corrected chi connectivity index (χ3v) is 5.36. The molecule has 0 atom stereocenters. The Morgan fingerprint density at radius 3 is 2.68 bits per heavy atom. The monoisotopic (exact) mass is 358 g/mol. The van der Waals surface area contributed by atoms with E-state index in [0.717, 1.165) is 22.6 Å². The van der Waals surface area contributed by atoms with Gasteiger partial charge in [0.05, 0.1) is 31.0 Å². The molecule has 4 rings (SSSR count). The summed E-state index contributed by atoms with van der Waals surface area (Å²) in [6, 6.07) is 9.60. The van der Waals surface area contributed by atoms with Crippen LogP contribution >= 0.6 is 11.6 Å². The first-order valence-corrected chi connectivity index (χ1v) is 8.70. The molecule has 6 heteroatoms. The summed E-state index contributed by atoms with van der Waals surface area (Å²) in [6.45, 7) is 1.67. The number of carbonyl (C=O) groups excluding carboxylic acids is 1. The van der Waals surface area contributed by atoms with Crippen molar-refractivity contribution in [3.8, 4) is 5.75 Å². The maximum atomic E-state index is 13.4. The minimum atomic E-state index is -0.535. The Labute approximate surface area is 151 Å². The Morgan fingerprint density at radius 2 is 2.00 bits per heavy atom. The van der Waals surface area contributed by atoms with Crippen molar-refractivity contribution in [1.82, 2.24) is 4.98 Å². The van der Waals surface area contributed by atoms with Crippen molar-refractivity contribution in [3.63, 3.8) is 0 Å². The largest absolute Gasteiger partial charge is 0.497 e. The SMILES string of the molecule is COc1ccc(CN2C(=O)C3(CCOCC3)c3cc(Cl)ncc32)cc1. The first-order valence-electron chi connectivity index (χ1n) is 8.33. The number of ether oxygens (including phenoxy) is 2. The zero-order chi connectivity index (χ0) is 17.4. The molecular weight excluding hydrogens is 340 g/mol. The number of nitrogens with zero attached hydrogens (tertiary/aromatic N) is 2. The average molecular weight is 359 g/mol. The molecule has 2 aromatic rings. The van der Waals surface area contributed by atoms with E-state index in [9.17, 15) is 4.79 Å². The lowest BCUT2D eigenvalue weighted by atomic mass is 9.75. The summed E-state index contributed by atoms with van der Waals surface area (Å²) in [4.78, 5) is 19.4. The molecule has 2 aliphatic rings. The molecule has 0 N–H and O–H groups in total. The Kier molecular flexibility index (Phi) is 4.13. The number of hydrogen-bond donors (Lipinski definition) is 0. The van der Waals surface area contributed by atoms with Gasteiger partial charge in [0.15, 0.2) is 0 Å². The normalized spacial score (nSPS) is 18.5. The molecule has 0 bridgehead atoms. The molecular formula is C19H19ClN2O3. The third-order valence-electron chi connectivity index (χ3n) is 5.16. The van der Waals surface area contributed by atoms with Crippen LogP contribution in [0, 0.1) is 0 Å². The summed E-state index contributed by atoms with van der Waals surface area (Å²) < 4.78 is 10.7. The van der Waals surface area contributed by atoms with Crippen molar-refractivity contribution in [3.05, 3.63) is 52.8 Å². The molecule has 1 aromatic heterocycles. The highest BCUT2D eigenvalue weighted by Crippen LogP contribution is 2.48. The zero-order valence-corrected chi connectivity index (χ0v) is 14.8. The second-order valence-corrected chi connectivity index (χ2v) is 6.85. The fourth-order valence-corrected chi connectivity index (χ4v) is 3.94. The molecule has 1 aromatic carbocycles. The van der Waals surface area contributed by atoms with Gasteiger partial charge in [-0.15, -0.1) is 0 Å². The van der Waals surface area contributed by atoms with E-state index >= 15 is 0 Å². The Balaban J connectivity index is 1.72. The van der Waals surface area contributed by atoms with E-state index in [1.807, 2.05) is 35.2 Å². The average Bonchev–Trinajstić information content (AvgIpc) is 2.85. The summed E-state index contributed by atoms with van der Waals surface area (Å²) in [5, 5.41) is 0.420. The molecule has 0 radical (unpaired) electrons. The smallest absolute Gasteiger partial charge is 0.238 e. The van der Waals surface area contributed by atoms with Crippen LogP contribution in [0.2, 0.25) is 5.15 Å². The maximum absolute atomic E-state index is 13.4. The second kappa shape index (κ2) is 6.32. The summed E-state index contributed by atoms with van der Waals surface area (Å²) in [5.41, 5.74) is 2.34. The zero-order valence-electron chi connectivity index (χ0n) is 14.0. The van der Waals surface area contributed by atoms with Crippen molar-refractivity contribution in [1.29, 1.82) is 0 Å². The molecule has 1 saturated heterocycles. The first-order chi connectivity index (χ1) is 12.1. The molecule has 5 nitrogen and oxygen atoms in total. The number of amides is 1. The number of fused-ring (bicyclic) bond motifs is 2. The van der Waals surface area contributed by atoms with Crippen LogP contribution in [0.1, 0.15) is 24.0 Å². The minimum absolute atomic E-state index is 0.116. The predicted molar refractivity (Wildman–Crippen MR) is 95.2 cm³/mol. The van der Waals surface area contributed by atoms with Gasteiger partial charge in [-0.1, -0.05) is 23.7 Å². The van der Waals surface area contributed by atoms with Gasteiger partial charge in [0.25, 0.3) is 0 Å². The van der Waals surface area contributed by atoms with Crippen LogP contribution in [-0.4, -0.2) is 31.2 Å². The number of halogens is 1. The van der Waals surface area contributed by atoms with Crippen molar-refractivity contribution in [2.45, 2.75) is 24.8 Å². The number of rotatable bonds is 3. The van der Waals surface area contributed by atoms with Gasteiger partial charge in [-0.25, -0.2) is 4.98 Å². The van der Waals surface area contributed by atoms with E-state index in [1.165, 1.54) is 0 Å². The summed E-state index contributed by atoms with van der Waals surface area (Å²) in [6.07, 6.45) is 3.07. The molecule has 0 unspecified atom stereocenters. The molecule has 1 amide bonds. The van der Waals surface area contributed by atoms with Gasteiger partial charge in [0, 0.05) is 13.2 Å². The topological polar surface area (TPSA) is 51.7 Å². The molecule has 3 heterocycles. The second-order valence-electron chi connectivity index (χ2n) is 6.46. The minimum Gasteiger partial charge on any atom is -0.497 e. The van der Waals surface area contributed by atoms with Crippen molar-refractivity contribution in [2.24, 2.45) is 0 Å². The van der Waals surface area contributed by atoms with Crippen LogP contribution in [0.25, 0.3) is 0 Å². The van der Waals surface area contributed by atoms with E-state index in [0.29, 0.717) is 37.8 Å². The van der Waals surface area contributed by atoms with Gasteiger partial charge in [-0.05, 0) is 42.2 Å². The first kappa shape index (κ1) is 16.4. The standard InChI is InChI=1S/C19H19ClN2O3/c1-24-14-4-2-13(3-5-14)12-22-16-11-21-17(20)10-15(16)19(18(22)23)6-8-25-9-7-19/h2-5,10-11H,6-9,12H2,1H3. The van der Waals surface area contributed by atoms with E-state index in [-0.39, 0.29) is 5.91 Å². The number of pyridine rings is 1. The Hall–Kier alpha value is -2.11. The molecule has 25 heavy (non-hydrogen) atoms. The van der Waals surface area contributed by atoms with Crippen LogP contribution in [0.5, 0.6) is 5.75 Å². The highest BCUT2D eigenvalue weighted by molar-refractivity contribution is 6.29. The number of benzene rings is 1. The molecule has 1 spiro atoms. The predicted octanol–water partition coefficient (Wildman–Crippen LogP) is 3.34. The molecule has 1 fully saturated rings. The molecule has 0 saturated carbocycles. The van der Waals surface area contributed by atoms with Gasteiger partial charge in [-0.3, -0.25) is 4.79 Å². The van der Waals surface area contributed by atoms with Crippen LogP contribution < -0.4 is 9.64 Å². The summed E-state index contributed by atoms with van der Waals surface area (Å²) >= 11 is 6.13. The van der Waals surface area contributed by atoms with Crippen LogP contribution in [0.3, 0.4) is 0 Å². The molecule has 130 valence electrons. The van der Waals surface area contributed by atoms with Crippen molar-refractivity contribution >= 4 is 23.2 Å². The van der Waals surface area contributed by atoms with E-state index in [2.05, 4.69) is 4.98 Å². The molecule has 2 aliphatic heterocycles. The van der Waals surface area contributed by atoms with E-state index in [4.69, 9.17) is 21.1 Å². The lowest BCUT2D eigenvalue weighted by Gasteiger charge is -2.32. The fraction of sp³-hybridized carbons (Fsp3) is 0.368. The number of aromatic nitrogens is 1. The quantitative estimate of drug-likeness (QED) is 0.790. The van der Waals surface area contributed by atoms with Gasteiger partial charge in [0.1, 0.15) is 10.9 Å². The number of anilines is 1. The lowest BCUT2D eigenvalue weighted by Crippen LogP contribution is -2.43. The van der Waals surface area contributed by atoms with Gasteiger partial charge in [-0.2, -0.15) is 0 Å².